The summed E-state index contributed by atoms with van der Waals surface area (Å²) in [5.41, 5.74) is 3.70. The van der Waals surface area contributed by atoms with E-state index in [-0.39, 0.29) is 11.9 Å². The molecule has 0 radical (unpaired) electrons. The molecule has 3 aromatic carbocycles. The van der Waals surface area contributed by atoms with E-state index in [2.05, 4.69) is 65.6 Å². The molecule has 1 aliphatic heterocycles. The van der Waals surface area contributed by atoms with Gasteiger partial charge in [-0.2, -0.15) is 0 Å². The zero-order chi connectivity index (χ0) is 23.3. The van der Waals surface area contributed by atoms with Gasteiger partial charge in [-0.1, -0.05) is 78.9 Å². The van der Waals surface area contributed by atoms with Gasteiger partial charge in [0.05, 0.1) is 0 Å². The highest BCUT2D eigenvalue weighted by molar-refractivity contribution is 5.94. The quantitative estimate of drug-likeness (QED) is 0.444. The molecule has 0 aromatic heterocycles. The predicted molar refractivity (Wildman–Crippen MR) is 139 cm³/mol. The number of carbonyl (C=O) groups is 1. The molecule has 1 aliphatic carbocycles. The lowest BCUT2D eigenvalue weighted by Gasteiger charge is -2.35. The van der Waals surface area contributed by atoms with Crippen molar-refractivity contribution in [2.75, 3.05) is 26.7 Å². The van der Waals surface area contributed by atoms with Gasteiger partial charge in [0.2, 0.25) is 0 Å². The average Bonchev–Trinajstić information content (AvgIpc) is 3.33. The van der Waals surface area contributed by atoms with Crippen molar-refractivity contribution in [1.29, 1.82) is 0 Å². The Kier molecular flexibility index (Phi) is 7.10. The monoisotopic (exact) mass is 452 g/mol. The van der Waals surface area contributed by atoms with E-state index in [4.69, 9.17) is 0 Å². The van der Waals surface area contributed by atoms with Gasteiger partial charge >= 0.3 is 0 Å². The van der Waals surface area contributed by atoms with Crippen LogP contribution in [0.3, 0.4) is 0 Å². The third kappa shape index (κ3) is 5.10. The summed E-state index contributed by atoms with van der Waals surface area (Å²) in [5.74, 6) is 1.91. The van der Waals surface area contributed by atoms with Crippen molar-refractivity contribution in [2.45, 2.75) is 43.6 Å². The van der Waals surface area contributed by atoms with E-state index in [0.29, 0.717) is 17.8 Å². The number of nitrogens with zero attached hydrogens (tertiary/aromatic N) is 2. The predicted octanol–water partition coefficient (Wildman–Crippen LogP) is 6.20. The average molecular weight is 453 g/mol. The third-order valence-corrected chi connectivity index (χ3v) is 8.14. The van der Waals surface area contributed by atoms with Crippen LogP contribution in [0.1, 0.15) is 59.0 Å². The molecule has 2 aliphatic rings. The Morgan fingerprint density at radius 3 is 1.97 bits per heavy atom. The maximum atomic E-state index is 13.2. The first-order valence-electron chi connectivity index (χ1n) is 12.8. The molecule has 2 fully saturated rings. The first kappa shape index (κ1) is 22.9. The van der Waals surface area contributed by atoms with E-state index in [1.54, 1.807) is 0 Å². The number of rotatable bonds is 6. The Bertz CT molecular complexity index is 1040. The van der Waals surface area contributed by atoms with Gasteiger partial charge in [0.15, 0.2) is 0 Å². The molecule has 3 heteroatoms. The Hall–Kier alpha value is -2.91. The van der Waals surface area contributed by atoms with Crippen LogP contribution in [-0.2, 0) is 0 Å². The van der Waals surface area contributed by atoms with Crippen LogP contribution in [0.2, 0.25) is 0 Å². The second-order valence-corrected chi connectivity index (χ2v) is 10.2. The summed E-state index contributed by atoms with van der Waals surface area (Å²) >= 11 is 0. The zero-order valence-corrected chi connectivity index (χ0v) is 20.2. The Morgan fingerprint density at radius 2 is 1.35 bits per heavy atom. The van der Waals surface area contributed by atoms with Crippen LogP contribution in [0, 0.1) is 5.92 Å². The topological polar surface area (TPSA) is 23.6 Å². The van der Waals surface area contributed by atoms with Crippen LogP contribution < -0.4 is 0 Å². The van der Waals surface area contributed by atoms with Gasteiger partial charge in [0.25, 0.3) is 5.91 Å². The second kappa shape index (κ2) is 10.6. The highest BCUT2D eigenvalue weighted by Crippen LogP contribution is 2.43. The largest absolute Gasteiger partial charge is 0.339 e. The van der Waals surface area contributed by atoms with Crippen LogP contribution >= 0.6 is 0 Å². The second-order valence-electron chi connectivity index (χ2n) is 10.2. The molecule has 0 bridgehead atoms. The molecule has 1 saturated heterocycles. The van der Waals surface area contributed by atoms with Crippen LogP contribution in [0.5, 0.6) is 0 Å². The summed E-state index contributed by atoms with van der Waals surface area (Å²) in [5, 5.41) is 0. The van der Waals surface area contributed by atoms with Crippen LogP contribution in [0.4, 0.5) is 0 Å². The Labute approximate surface area is 204 Å². The number of hydrogen-bond donors (Lipinski definition) is 0. The summed E-state index contributed by atoms with van der Waals surface area (Å²) in [4.78, 5) is 17.8. The van der Waals surface area contributed by atoms with E-state index in [0.717, 1.165) is 24.9 Å². The smallest absolute Gasteiger partial charge is 0.253 e. The maximum absolute atomic E-state index is 13.2. The van der Waals surface area contributed by atoms with Crippen molar-refractivity contribution in [2.24, 2.45) is 5.92 Å². The SMILES string of the molecule is CN(C(=O)c1ccccc1)C1CC(CN2CCC(c3ccccc3)CC2)C(c2ccccc2)C1. The van der Waals surface area contributed by atoms with Crippen molar-refractivity contribution in [3.8, 4) is 0 Å². The van der Waals surface area contributed by atoms with E-state index < -0.39 is 0 Å². The molecule has 1 amide bonds. The minimum atomic E-state index is 0.140. The number of amides is 1. The zero-order valence-electron chi connectivity index (χ0n) is 20.2. The molecule has 3 unspecified atom stereocenters. The number of benzene rings is 3. The summed E-state index contributed by atoms with van der Waals surface area (Å²) in [6.45, 7) is 3.47. The highest BCUT2D eigenvalue weighted by atomic mass is 16.2. The Morgan fingerprint density at radius 1 is 0.794 bits per heavy atom. The molecular formula is C31H36N2O. The van der Waals surface area contributed by atoms with Gasteiger partial charge in [0, 0.05) is 25.2 Å². The molecule has 176 valence electrons. The lowest BCUT2D eigenvalue weighted by molar-refractivity contribution is 0.0729. The molecule has 3 nitrogen and oxygen atoms in total. The molecule has 0 spiro atoms. The maximum Gasteiger partial charge on any atom is 0.253 e. The van der Waals surface area contributed by atoms with Crippen molar-refractivity contribution in [1.82, 2.24) is 9.80 Å². The fourth-order valence-corrected chi connectivity index (χ4v) is 6.18. The fraction of sp³-hybridized carbons (Fsp3) is 0.387. The standard InChI is InChI=1S/C31H36N2O/c1-32(31(34)27-15-9-4-10-16-27)29-21-28(30(22-29)26-13-7-3-8-14-26)23-33-19-17-25(18-20-33)24-11-5-2-6-12-24/h2-16,25,28-30H,17-23H2,1H3. The molecule has 5 rings (SSSR count). The lowest BCUT2D eigenvalue weighted by Crippen LogP contribution is -2.38. The number of hydrogen-bond acceptors (Lipinski definition) is 2. The lowest BCUT2D eigenvalue weighted by atomic mass is 9.86. The van der Waals surface area contributed by atoms with Crippen molar-refractivity contribution in [3.63, 3.8) is 0 Å². The van der Waals surface area contributed by atoms with Gasteiger partial charge in [-0.15, -0.1) is 0 Å². The van der Waals surface area contributed by atoms with Gasteiger partial charge in [-0.25, -0.2) is 0 Å². The van der Waals surface area contributed by atoms with Crippen LogP contribution in [0.15, 0.2) is 91.0 Å². The summed E-state index contributed by atoms with van der Waals surface area (Å²) in [7, 11) is 2.00. The van der Waals surface area contributed by atoms with Crippen molar-refractivity contribution < 1.29 is 4.79 Å². The third-order valence-electron chi connectivity index (χ3n) is 8.14. The van der Waals surface area contributed by atoms with Crippen molar-refractivity contribution >= 4 is 5.91 Å². The number of carbonyl (C=O) groups excluding carboxylic acids is 1. The molecule has 0 N–H and O–H groups in total. The molecule has 3 atom stereocenters. The summed E-state index contributed by atoms with van der Waals surface area (Å²) in [6, 6.07) is 32.0. The van der Waals surface area contributed by atoms with Crippen molar-refractivity contribution in [3.05, 3.63) is 108 Å². The van der Waals surface area contributed by atoms with E-state index >= 15 is 0 Å². The fourth-order valence-electron chi connectivity index (χ4n) is 6.18. The number of piperidine rings is 1. The first-order valence-corrected chi connectivity index (χ1v) is 12.8. The van der Waals surface area contributed by atoms with Gasteiger partial charge in [0.1, 0.15) is 0 Å². The molecule has 34 heavy (non-hydrogen) atoms. The Balaban J connectivity index is 1.26. The summed E-state index contributed by atoms with van der Waals surface area (Å²) < 4.78 is 0. The minimum Gasteiger partial charge on any atom is -0.339 e. The number of likely N-dealkylation sites (tertiary alicyclic amines) is 1. The summed E-state index contributed by atoms with van der Waals surface area (Å²) in [6.07, 6.45) is 4.60. The van der Waals surface area contributed by atoms with Crippen LogP contribution in [-0.4, -0.2) is 48.4 Å². The molecule has 1 heterocycles. The normalized spacial score (nSPS) is 23.6. The van der Waals surface area contributed by atoms with E-state index in [1.807, 2.05) is 42.3 Å². The van der Waals surface area contributed by atoms with E-state index in [9.17, 15) is 4.79 Å². The highest BCUT2D eigenvalue weighted by Gasteiger charge is 2.39. The molecule has 1 saturated carbocycles. The van der Waals surface area contributed by atoms with Gasteiger partial charge in [-0.3, -0.25) is 4.79 Å². The van der Waals surface area contributed by atoms with Crippen LogP contribution in [0.25, 0.3) is 0 Å². The minimum absolute atomic E-state index is 0.140. The first-order chi connectivity index (χ1) is 16.7. The van der Waals surface area contributed by atoms with Gasteiger partial charge < -0.3 is 9.80 Å². The van der Waals surface area contributed by atoms with Gasteiger partial charge in [-0.05, 0) is 79.8 Å². The molecule has 3 aromatic rings. The van der Waals surface area contributed by atoms with E-state index in [1.165, 1.54) is 37.1 Å². The molecular weight excluding hydrogens is 416 g/mol.